The van der Waals surface area contributed by atoms with Gasteiger partial charge in [-0.25, -0.2) is 0 Å². The third kappa shape index (κ3) is 14.8. The fourth-order valence-electron chi connectivity index (χ4n) is 4.86. The Morgan fingerprint density at radius 2 is 1.69 bits per heavy atom. The number of aromatic nitrogens is 2. The number of nitrogens with zero attached hydrogens (tertiary/aromatic N) is 2. The topological polar surface area (TPSA) is 25.8 Å². The molecule has 0 spiro atoms. The summed E-state index contributed by atoms with van der Waals surface area (Å²) >= 11 is 0. The van der Waals surface area contributed by atoms with Gasteiger partial charge in [0, 0.05) is 5.56 Å². The Balaban J connectivity index is 0.000000584. The molecule has 2 rings (SSSR count). The Hall–Kier alpha value is -2.74. The van der Waals surface area contributed by atoms with Crippen molar-refractivity contribution in [2.75, 3.05) is 0 Å². The zero-order valence-corrected chi connectivity index (χ0v) is 26.9. The molecule has 0 aliphatic carbocycles. The fraction of sp³-hybridized carbons (Fsp3) is 0.514. The van der Waals surface area contributed by atoms with Crippen molar-refractivity contribution in [2.24, 2.45) is 17.3 Å². The van der Waals surface area contributed by atoms with E-state index in [0.717, 1.165) is 42.5 Å². The molecule has 0 bridgehead atoms. The summed E-state index contributed by atoms with van der Waals surface area (Å²) in [6.07, 6.45) is 18.7. The lowest BCUT2D eigenvalue weighted by molar-refractivity contribution is 0.278. The van der Waals surface area contributed by atoms with Gasteiger partial charge in [0.2, 0.25) is 0 Å². The molecule has 0 aliphatic rings. The quantitative estimate of drug-likeness (QED) is 0.271. The van der Waals surface area contributed by atoms with Gasteiger partial charge < -0.3 is 0 Å². The minimum atomic E-state index is 0.508. The van der Waals surface area contributed by atoms with Crippen molar-refractivity contribution in [3.8, 4) is 11.3 Å². The van der Waals surface area contributed by atoms with E-state index in [1.54, 1.807) is 0 Å². The number of hydrogen-bond donors (Lipinski definition) is 0. The van der Waals surface area contributed by atoms with Crippen LogP contribution < -0.4 is 0 Å². The summed E-state index contributed by atoms with van der Waals surface area (Å²) in [5, 5.41) is 8.60. The standard InChI is InChI=1S/C26H32N2.C11H24/c1-6-12-24-19-23(16-17-25(24)26-18-15-22(5)27-28-26)21(4)14-11-9-8-10-13-20(3)7-2;1-9(2)7-10(3)8-11(4,5)6/h7-10,13-19H,6,11-12H2,1-5H3;9-10H,7-8H2,1-6H3/b9-8-,13-10-,20-7-,21-14+;. The van der Waals surface area contributed by atoms with Gasteiger partial charge in [-0.15, -0.1) is 0 Å². The largest absolute Gasteiger partial charge is 0.155 e. The third-order valence-electron chi connectivity index (χ3n) is 6.61. The van der Waals surface area contributed by atoms with Gasteiger partial charge in [0.15, 0.2) is 0 Å². The maximum atomic E-state index is 4.38. The molecule has 2 aromatic rings. The molecule has 0 N–H and O–H groups in total. The first kappa shape index (κ1) is 34.3. The predicted molar refractivity (Wildman–Crippen MR) is 175 cm³/mol. The van der Waals surface area contributed by atoms with E-state index < -0.39 is 0 Å². The zero-order chi connectivity index (χ0) is 29.4. The number of allylic oxidation sites excluding steroid dienone is 8. The van der Waals surface area contributed by atoms with Crippen LogP contribution in [0.1, 0.15) is 112 Å². The number of hydrogen-bond acceptors (Lipinski definition) is 2. The highest BCUT2D eigenvalue weighted by Crippen LogP contribution is 2.28. The van der Waals surface area contributed by atoms with Gasteiger partial charge in [-0.05, 0) is 99.5 Å². The number of rotatable bonds is 11. The second-order valence-corrected chi connectivity index (χ2v) is 12.6. The molecule has 1 heterocycles. The summed E-state index contributed by atoms with van der Waals surface area (Å²) in [5.41, 5.74) is 8.79. The second-order valence-electron chi connectivity index (χ2n) is 12.6. The van der Waals surface area contributed by atoms with Crippen LogP contribution in [0.2, 0.25) is 0 Å². The van der Waals surface area contributed by atoms with E-state index in [4.69, 9.17) is 0 Å². The van der Waals surface area contributed by atoms with Gasteiger partial charge >= 0.3 is 0 Å². The van der Waals surface area contributed by atoms with E-state index in [1.807, 2.05) is 13.0 Å². The predicted octanol–water partition coefficient (Wildman–Crippen LogP) is 11.4. The maximum Gasteiger partial charge on any atom is 0.0932 e. The Bertz CT molecular complexity index is 1090. The minimum absolute atomic E-state index is 0.508. The highest BCUT2D eigenvalue weighted by molar-refractivity contribution is 5.71. The smallest absolute Gasteiger partial charge is 0.0932 e. The molecule has 2 heteroatoms. The molecule has 0 aliphatic heterocycles. The van der Waals surface area contributed by atoms with E-state index >= 15 is 0 Å². The Morgan fingerprint density at radius 1 is 0.974 bits per heavy atom. The normalized spacial score (nSPS) is 13.7. The Labute approximate surface area is 241 Å². The highest BCUT2D eigenvalue weighted by Gasteiger charge is 2.15. The first-order valence-corrected chi connectivity index (χ1v) is 14.9. The van der Waals surface area contributed by atoms with Crippen LogP contribution >= 0.6 is 0 Å². The minimum Gasteiger partial charge on any atom is -0.155 e. The van der Waals surface area contributed by atoms with E-state index in [1.165, 1.54) is 40.7 Å². The third-order valence-corrected chi connectivity index (χ3v) is 6.61. The average Bonchev–Trinajstić information content (AvgIpc) is 2.85. The molecule has 39 heavy (non-hydrogen) atoms. The van der Waals surface area contributed by atoms with Crippen molar-refractivity contribution >= 4 is 5.57 Å². The molecule has 1 atom stereocenters. The van der Waals surface area contributed by atoms with Crippen molar-refractivity contribution in [2.45, 2.75) is 108 Å². The van der Waals surface area contributed by atoms with Gasteiger partial charge in [-0.2, -0.15) is 10.2 Å². The summed E-state index contributed by atoms with van der Waals surface area (Å²) in [6.45, 7) is 24.5. The van der Waals surface area contributed by atoms with E-state index in [-0.39, 0.29) is 0 Å². The molecule has 1 aromatic carbocycles. The lowest BCUT2D eigenvalue weighted by atomic mass is 9.82. The van der Waals surface area contributed by atoms with E-state index in [9.17, 15) is 0 Å². The van der Waals surface area contributed by atoms with Gasteiger partial charge in [0.25, 0.3) is 0 Å². The highest BCUT2D eigenvalue weighted by atomic mass is 15.1. The van der Waals surface area contributed by atoms with Crippen LogP contribution in [0.4, 0.5) is 0 Å². The second kappa shape index (κ2) is 17.8. The molecule has 214 valence electrons. The van der Waals surface area contributed by atoms with Crippen LogP contribution in [0, 0.1) is 24.2 Å². The zero-order valence-electron chi connectivity index (χ0n) is 26.9. The van der Waals surface area contributed by atoms with Crippen LogP contribution in [0.3, 0.4) is 0 Å². The van der Waals surface area contributed by atoms with Gasteiger partial charge in [0.05, 0.1) is 11.4 Å². The van der Waals surface area contributed by atoms with Crippen LogP contribution in [-0.4, -0.2) is 10.2 Å². The molecule has 0 saturated heterocycles. The summed E-state index contributed by atoms with van der Waals surface area (Å²) in [4.78, 5) is 0. The fourth-order valence-corrected chi connectivity index (χ4v) is 4.86. The first-order chi connectivity index (χ1) is 18.4. The van der Waals surface area contributed by atoms with Crippen molar-refractivity contribution in [1.82, 2.24) is 10.2 Å². The lowest BCUT2D eigenvalue weighted by Gasteiger charge is -2.24. The lowest BCUT2D eigenvalue weighted by Crippen LogP contribution is -2.12. The molecule has 0 saturated carbocycles. The molecular weight excluding hydrogens is 472 g/mol. The van der Waals surface area contributed by atoms with E-state index in [0.29, 0.717) is 5.41 Å². The van der Waals surface area contributed by atoms with Gasteiger partial charge in [-0.1, -0.05) is 115 Å². The van der Waals surface area contributed by atoms with E-state index in [2.05, 4.69) is 140 Å². The first-order valence-electron chi connectivity index (χ1n) is 14.9. The Morgan fingerprint density at radius 3 is 2.26 bits per heavy atom. The van der Waals surface area contributed by atoms with Crippen LogP contribution in [-0.2, 0) is 6.42 Å². The molecule has 2 nitrogen and oxygen atoms in total. The maximum absolute atomic E-state index is 4.38. The van der Waals surface area contributed by atoms with Crippen molar-refractivity contribution in [3.63, 3.8) is 0 Å². The van der Waals surface area contributed by atoms with Gasteiger partial charge in [0.1, 0.15) is 0 Å². The molecule has 1 unspecified atom stereocenters. The summed E-state index contributed by atoms with van der Waals surface area (Å²) in [6, 6.07) is 10.8. The summed E-state index contributed by atoms with van der Waals surface area (Å²) < 4.78 is 0. The summed E-state index contributed by atoms with van der Waals surface area (Å²) in [7, 11) is 0. The van der Waals surface area contributed by atoms with Crippen molar-refractivity contribution < 1.29 is 0 Å². The number of benzene rings is 1. The van der Waals surface area contributed by atoms with Crippen molar-refractivity contribution in [3.05, 3.63) is 89.2 Å². The molecule has 0 amide bonds. The van der Waals surface area contributed by atoms with Crippen LogP contribution in [0.25, 0.3) is 16.8 Å². The molecule has 0 fully saturated rings. The van der Waals surface area contributed by atoms with Crippen LogP contribution in [0.5, 0.6) is 0 Å². The monoisotopic (exact) mass is 528 g/mol. The summed E-state index contributed by atoms with van der Waals surface area (Å²) in [5.74, 6) is 1.74. The molecular formula is C37H56N2. The van der Waals surface area contributed by atoms with Gasteiger partial charge in [-0.3, -0.25) is 0 Å². The average molecular weight is 529 g/mol. The SMILES string of the molecule is CC(C)CC(C)CC(C)(C)C.C\C=C(C)/C=C\C=C/C/C=C(\C)c1ccc(-c2ccc(C)nn2)c(CCC)c1. The van der Waals surface area contributed by atoms with Crippen LogP contribution in [0.15, 0.2) is 72.4 Å². The number of aryl methyl sites for hydroxylation is 2. The molecule has 0 radical (unpaired) electrons. The Kier molecular flexibility index (Phi) is 15.6. The molecule has 1 aromatic heterocycles. The van der Waals surface area contributed by atoms with Crippen molar-refractivity contribution in [1.29, 1.82) is 0 Å².